The Morgan fingerprint density at radius 3 is 2.28 bits per heavy atom. The van der Waals surface area contributed by atoms with Crippen LogP contribution in [-0.2, 0) is 29.3 Å². The van der Waals surface area contributed by atoms with Gasteiger partial charge >= 0.3 is 11.9 Å². The zero-order valence-electron chi connectivity index (χ0n) is 10.8. The summed E-state index contributed by atoms with van der Waals surface area (Å²) in [4.78, 5) is 22.0. The standard InChI is InChI=1S/C9H18N2O6S/c1-7(9(13)17-4)10-18(14,15)11(2)6-5-8(12)16-3/h7,10H,5-6H2,1-4H3. The van der Waals surface area contributed by atoms with Crippen LogP contribution in [0.15, 0.2) is 0 Å². The Morgan fingerprint density at radius 1 is 1.28 bits per heavy atom. The molecule has 1 atom stereocenters. The molecule has 0 aliphatic carbocycles. The first-order valence-electron chi connectivity index (χ1n) is 5.12. The second-order valence-corrected chi connectivity index (χ2v) is 5.32. The largest absolute Gasteiger partial charge is 0.469 e. The molecule has 0 spiro atoms. The highest BCUT2D eigenvalue weighted by atomic mass is 32.2. The van der Waals surface area contributed by atoms with Crippen LogP contribution in [0.2, 0.25) is 0 Å². The van der Waals surface area contributed by atoms with Crippen LogP contribution >= 0.6 is 0 Å². The molecule has 0 saturated heterocycles. The van der Waals surface area contributed by atoms with Gasteiger partial charge in [-0.05, 0) is 6.92 Å². The van der Waals surface area contributed by atoms with Crippen molar-refractivity contribution in [2.24, 2.45) is 0 Å². The number of ether oxygens (including phenoxy) is 2. The maximum Gasteiger partial charge on any atom is 0.323 e. The van der Waals surface area contributed by atoms with Crippen LogP contribution in [0.1, 0.15) is 13.3 Å². The van der Waals surface area contributed by atoms with Crippen molar-refractivity contribution in [3.63, 3.8) is 0 Å². The lowest BCUT2D eigenvalue weighted by Crippen LogP contribution is -2.46. The van der Waals surface area contributed by atoms with Crippen LogP contribution < -0.4 is 4.72 Å². The van der Waals surface area contributed by atoms with Gasteiger partial charge < -0.3 is 9.47 Å². The highest BCUT2D eigenvalue weighted by Crippen LogP contribution is 1.99. The summed E-state index contributed by atoms with van der Waals surface area (Å²) in [5, 5.41) is 0. The van der Waals surface area contributed by atoms with Crippen LogP contribution in [0.4, 0.5) is 0 Å². The minimum absolute atomic E-state index is 0.0457. The molecule has 0 saturated carbocycles. The molecule has 8 nitrogen and oxygen atoms in total. The lowest BCUT2D eigenvalue weighted by Gasteiger charge is -2.19. The van der Waals surface area contributed by atoms with Gasteiger partial charge in [0, 0.05) is 13.6 Å². The predicted octanol–water partition coefficient (Wildman–Crippen LogP) is -1.12. The highest BCUT2D eigenvalue weighted by molar-refractivity contribution is 7.87. The number of nitrogens with one attached hydrogen (secondary N) is 1. The number of carbonyl (C=O) groups is 2. The molecule has 0 rings (SSSR count). The monoisotopic (exact) mass is 282 g/mol. The van der Waals surface area contributed by atoms with E-state index in [4.69, 9.17) is 0 Å². The molecule has 0 bridgehead atoms. The van der Waals surface area contributed by atoms with Crippen molar-refractivity contribution in [3.8, 4) is 0 Å². The van der Waals surface area contributed by atoms with Gasteiger partial charge in [-0.15, -0.1) is 0 Å². The smallest absolute Gasteiger partial charge is 0.323 e. The maximum atomic E-state index is 11.7. The first kappa shape index (κ1) is 16.8. The van der Waals surface area contributed by atoms with Gasteiger partial charge in [0.2, 0.25) is 0 Å². The Bertz CT molecular complexity index is 394. The Hall–Kier alpha value is -1.19. The first-order chi connectivity index (χ1) is 8.24. The second kappa shape index (κ2) is 7.29. The molecule has 1 unspecified atom stereocenters. The summed E-state index contributed by atoms with van der Waals surface area (Å²) in [7, 11) is -0.179. The Morgan fingerprint density at radius 2 is 1.83 bits per heavy atom. The van der Waals surface area contributed by atoms with Crippen molar-refractivity contribution >= 4 is 22.1 Å². The van der Waals surface area contributed by atoms with Gasteiger partial charge in [-0.3, -0.25) is 9.59 Å². The molecule has 0 aliphatic rings. The molecule has 0 aromatic carbocycles. The van der Waals surface area contributed by atoms with E-state index in [9.17, 15) is 18.0 Å². The van der Waals surface area contributed by atoms with E-state index in [-0.39, 0.29) is 13.0 Å². The second-order valence-electron chi connectivity index (χ2n) is 3.52. The van der Waals surface area contributed by atoms with Gasteiger partial charge in [0.1, 0.15) is 6.04 Å². The molecule has 0 aromatic rings. The highest BCUT2D eigenvalue weighted by Gasteiger charge is 2.24. The average molecular weight is 282 g/mol. The summed E-state index contributed by atoms with van der Waals surface area (Å²) in [5.41, 5.74) is 0. The molecule has 1 N–H and O–H groups in total. The average Bonchev–Trinajstić information content (AvgIpc) is 2.33. The summed E-state index contributed by atoms with van der Waals surface area (Å²) >= 11 is 0. The van der Waals surface area contributed by atoms with Crippen molar-refractivity contribution in [2.75, 3.05) is 27.8 Å². The molecule has 9 heteroatoms. The predicted molar refractivity (Wildman–Crippen MR) is 62.8 cm³/mol. The van der Waals surface area contributed by atoms with Crippen LogP contribution in [0, 0.1) is 0 Å². The number of methoxy groups -OCH3 is 2. The number of rotatable bonds is 7. The van der Waals surface area contributed by atoms with Crippen molar-refractivity contribution in [2.45, 2.75) is 19.4 Å². The van der Waals surface area contributed by atoms with E-state index in [1.165, 1.54) is 21.1 Å². The zero-order chi connectivity index (χ0) is 14.3. The lowest BCUT2D eigenvalue weighted by molar-refractivity contribution is -0.142. The van der Waals surface area contributed by atoms with Gasteiger partial charge in [0.15, 0.2) is 0 Å². The normalized spacial score (nSPS) is 13.2. The summed E-state index contributed by atoms with van der Waals surface area (Å²) in [6.45, 7) is 1.31. The minimum atomic E-state index is -3.84. The van der Waals surface area contributed by atoms with Crippen molar-refractivity contribution < 1.29 is 27.5 Å². The fraction of sp³-hybridized carbons (Fsp3) is 0.778. The van der Waals surface area contributed by atoms with Crippen molar-refractivity contribution in [3.05, 3.63) is 0 Å². The van der Waals surface area contributed by atoms with E-state index in [0.717, 1.165) is 11.4 Å². The molecule has 0 aromatic heterocycles. The SMILES string of the molecule is COC(=O)CCN(C)S(=O)(=O)NC(C)C(=O)OC. The van der Waals surface area contributed by atoms with Crippen LogP contribution in [0.25, 0.3) is 0 Å². The lowest BCUT2D eigenvalue weighted by atomic mass is 10.4. The summed E-state index contributed by atoms with van der Waals surface area (Å²) < 4.78 is 35.3. The molecule has 0 aliphatic heterocycles. The van der Waals surface area contributed by atoms with E-state index in [1.54, 1.807) is 0 Å². The van der Waals surface area contributed by atoms with Gasteiger partial charge in [0.25, 0.3) is 10.2 Å². The fourth-order valence-electron chi connectivity index (χ4n) is 1.01. The van der Waals surface area contributed by atoms with E-state index < -0.39 is 28.2 Å². The number of carbonyl (C=O) groups excluding carboxylic acids is 2. The topological polar surface area (TPSA) is 102 Å². The van der Waals surface area contributed by atoms with Crippen molar-refractivity contribution in [1.82, 2.24) is 9.03 Å². The third-order valence-electron chi connectivity index (χ3n) is 2.15. The summed E-state index contributed by atoms with van der Waals surface area (Å²) in [5.74, 6) is -1.21. The molecule has 0 amide bonds. The zero-order valence-corrected chi connectivity index (χ0v) is 11.6. The number of esters is 2. The third kappa shape index (κ3) is 5.43. The maximum absolute atomic E-state index is 11.7. The van der Waals surface area contributed by atoms with Gasteiger partial charge in [-0.1, -0.05) is 0 Å². The Kier molecular flexibility index (Phi) is 6.81. The van der Waals surface area contributed by atoms with E-state index in [1.807, 2.05) is 0 Å². The summed E-state index contributed by atoms with van der Waals surface area (Å²) in [6.07, 6.45) is -0.0689. The van der Waals surface area contributed by atoms with Crippen LogP contribution in [0.5, 0.6) is 0 Å². The summed E-state index contributed by atoms with van der Waals surface area (Å²) in [6, 6.07) is -0.999. The molecule has 0 heterocycles. The minimum Gasteiger partial charge on any atom is -0.469 e. The van der Waals surface area contributed by atoms with E-state index >= 15 is 0 Å². The van der Waals surface area contributed by atoms with Gasteiger partial charge in [0.05, 0.1) is 20.6 Å². The Balaban J connectivity index is 4.44. The van der Waals surface area contributed by atoms with Crippen molar-refractivity contribution in [1.29, 1.82) is 0 Å². The third-order valence-corrected chi connectivity index (χ3v) is 3.80. The fourth-order valence-corrected chi connectivity index (χ4v) is 2.06. The first-order valence-corrected chi connectivity index (χ1v) is 6.56. The number of hydrogen-bond donors (Lipinski definition) is 1. The van der Waals surface area contributed by atoms with Crippen LogP contribution in [0.3, 0.4) is 0 Å². The van der Waals surface area contributed by atoms with Crippen LogP contribution in [-0.4, -0.2) is 58.5 Å². The molecule has 0 radical (unpaired) electrons. The Labute approximate surface area is 106 Å². The molecular weight excluding hydrogens is 264 g/mol. The molecular formula is C9H18N2O6S. The van der Waals surface area contributed by atoms with Gasteiger partial charge in [-0.25, -0.2) is 0 Å². The number of hydrogen-bond acceptors (Lipinski definition) is 6. The molecule has 0 fully saturated rings. The van der Waals surface area contributed by atoms with E-state index in [0.29, 0.717) is 0 Å². The molecule has 106 valence electrons. The molecule has 18 heavy (non-hydrogen) atoms. The van der Waals surface area contributed by atoms with Gasteiger partial charge in [-0.2, -0.15) is 17.4 Å². The number of nitrogens with zero attached hydrogens (tertiary/aromatic N) is 1. The van der Waals surface area contributed by atoms with E-state index in [2.05, 4.69) is 14.2 Å². The quantitative estimate of drug-likeness (QED) is 0.593.